The smallest absolute Gasteiger partial charge is 0.129 e. The van der Waals surface area contributed by atoms with Gasteiger partial charge in [-0.15, -0.1) is 0 Å². The molecule has 23 heavy (non-hydrogen) atoms. The van der Waals surface area contributed by atoms with E-state index in [2.05, 4.69) is 9.88 Å². The lowest BCUT2D eigenvalue weighted by Gasteiger charge is -2.44. The van der Waals surface area contributed by atoms with Gasteiger partial charge in [0.2, 0.25) is 0 Å². The number of aryl methyl sites for hydroxylation is 1. The van der Waals surface area contributed by atoms with Gasteiger partial charge in [0.25, 0.3) is 0 Å². The minimum absolute atomic E-state index is 0.297. The SMILES string of the molecule is Cn1cncc1CN1C2CCC1CC(O)(c1ccccc1F)C2. The molecule has 3 heterocycles. The number of halogens is 1. The predicted molar refractivity (Wildman–Crippen MR) is 85.1 cm³/mol. The Labute approximate surface area is 135 Å². The Balaban J connectivity index is 1.58. The highest BCUT2D eigenvalue weighted by Crippen LogP contribution is 2.46. The molecule has 4 nitrogen and oxygen atoms in total. The Kier molecular flexibility index (Phi) is 3.50. The first-order chi connectivity index (χ1) is 11.1. The van der Waals surface area contributed by atoms with Crippen LogP contribution in [0, 0.1) is 5.82 Å². The summed E-state index contributed by atoms with van der Waals surface area (Å²) in [5, 5.41) is 11.1. The number of aromatic nitrogens is 2. The summed E-state index contributed by atoms with van der Waals surface area (Å²) in [4.78, 5) is 6.65. The van der Waals surface area contributed by atoms with Gasteiger partial charge in [0, 0.05) is 37.4 Å². The summed E-state index contributed by atoms with van der Waals surface area (Å²) >= 11 is 0. The van der Waals surface area contributed by atoms with Gasteiger partial charge in [-0.25, -0.2) is 9.37 Å². The minimum atomic E-state index is -1.04. The van der Waals surface area contributed by atoms with Crippen molar-refractivity contribution in [1.82, 2.24) is 14.5 Å². The first kappa shape index (κ1) is 14.8. The van der Waals surface area contributed by atoms with Gasteiger partial charge in [0.15, 0.2) is 0 Å². The first-order valence-corrected chi connectivity index (χ1v) is 8.25. The number of fused-ring (bicyclic) bond motifs is 2. The summed E-state index contributed by atoms with van der Waals surface area (Å²) in [6.07, 6.45) is 7.05. The van der Waals surface area contributed by atoms with Crippen molar-refractivity contribution in [2.45, 2.75) is 49.9 Å². The maximum absolute atomic E-state index is 14.2. The molecule has 2 unspecified atom stereocenters. The van der Waals surface area contributed by atoms with E-state index in [1.165, 1.54) is 11.8 Å². The van der Waals surface area contributed by atoms with Crippen molar-refractivity contribution in [2.75, 3.05) is 0 Å². The van der Waals surface area contributed by atoms with E-state index >= 15 is 0 Å². The number of hydrogen-bond acceptors (Lipinski definition) is 3. The molecule has 0 spiro atoms. The van der Waals surface area contributed by atoms with Crippen LogP contribution in [-0.2, 0) is 19.2 Å². The molecule has 2 aliphatic heterocycles. The van der Waals surface area contributed by atoms with E-state index in [1.807, 2.05) is 24.1 Å². The van der Waals surface area contributed by atoms with Crippen molar-refractivity contribution in [3.05, 3.63) is 53.9 Å². The second kappa shape index (κ2) is 5.42. The van der Waals surface area contributed by atoms with Crippen molar-refractivity contribution in [2.24, 2.45) is 7.05 Å². The normalized spacial score (nSPS) is 30.7. The quantitative estimate of drug-likeness (QED) is 0.946. The van der Waals surface area contributed by atoms with Gasteiger partial charge in [-0.05, 0) is 31.7 Å². The minimum Gasteiger partial charge on any atom is -0.385 e. The zero-order valence-corrected chi connectivity index (χ0v) is 13.3. The molecule has 0 aliphatic carbocycles. The molecule has 1 aromatic carbocycles. The third-order valence-electron chi connectivity index (χ3n) is 5.55. The highest BCUT2D eigenvalue weighted by atomic mass is 19.1. The Morgan fingerprint density at radius 1 is 1.26 bits per heavy atom. The second-order valence-electron chi connectivity index (χ2n) is 6.97. The summed E-state index contributed by atoms with van der Waals surface area (Å²) in [5.74, 6) is -0.297. The number of aliphatic hydroxyl groups is 1. The highest BCUT2D eigenvalue weighted by molar-refractivity contribution is 5.27. The Hall–Kier alpha value is -1.72. The molecule has 5 heteroatoms. The number of imidazole rings is 1. The van der Waals surface area contributed by atoms with Crippen LogP contribution in [0.3, 0.4) is 0 Å². The molecule has 122 valence electrons. The lowest BCUT2D eigenvalue weighted by molar-refractivity contribution is -0.0620. The molecule has 2 fully saturated rings. The van der Waals surface area contributed by atoms with E-state index in [0.29, 0.717) is 30.5 Å². The van der Waals surface area contributed by atoms with Crippen molar-refractivity contribution >= 4 is 0 Å². The monoisotopic (exact) mass is 315 g/mol. The van der Waals surface area contributed by atoms with Crippen LogP contribution in [0.15, 0.2) is 36.8 Å². The second-order valence-corrected chi connectivity index (χ2v) is 6.97. The highest BCUT2D eigenvalue weighted by Gasteiger charge is 2.49. The Morgan fingerprint density at radius 2 is 1.96 bits per heavy atom. The largest absolute Gasteiger partial charge is 0.385 e. The average molecular weight is 315 g/mol. The molecule has 2 atom stereocenters. The fourth-order valence-corrected chi connectivity index (χ4v) is 4.36. The number of benzene rings is 1. The van der Waals surface area contributed by atoms with Gasteiger partial charge in [-0.1, -0.05) is 18.2 Å². The Bertz CT molecular complexity index is 700. The molecule has 2 aromatic rings. The molecule has 0 saturated carbocycles. The molecule has 2 aliphatic rings. The van der Waals surface area contributed by atoms with E-state index in [9.17, 15) is 9.50 Å². The third-order valence-corrected chi connectivity index (χ3v) is 5.55. The zero-order chi connectivity index (χ0) is 16.0. The van der Waals surface area contributed by atoms with Crippen LogP contribution < -0.4 is 0 Å². The fourth-order valence-electron chi connectivity index (χ4n) is 4.36. The lowest BCUT2D eigenvalue weighted by Crippen LogP contribution is -2.49. The molecule has 2 saturated heterocycles. The van der Waals surface area contributed by atoms with Gasteiger partial charge < -0.3 is 9.67 Å². The number of rotatable bonds is 3. The molecule has 0 radical (unpaired) electrons. The van der Waals surface area contributed by atoms with Crippen molar-refractivity contribution in [3.8, 4) is 0 Å². The molecule has 1 N–H and O–H groups in total. The zero-order valence-electron chi connectivity index (χ0n) is 13.3. The van der Waals surface area contributed by atoms with E-state index in [-0.39, 0.29) is 5.82 Å². The summed E-state index contributed by atoms with van der Waals surface area (Å²) in [7, 11) is 2.00. The van der Waals surface area contributed by atoms with Crippen LogP contribution in [-0.4, -0.2) is 31.6 Å². The van der Waals surface area contributed by atoms with E-state index in [0.717, 1.165) is 19.4 Å². The number of hydrogen-bond donors (Lipinski definition) is 1. The van der Waals surface area contributed by atoms with E-state index < -0.39 is 5.60 Å². The predicted octanol–water partition coefficient (Wildman–Crippen LogP) is 2.57. The maximum Gasteiger partial charge on any atom is 0.129 e. The first-order valence-electron chi connectivity index (χ1n) is 8.25. The topological polar surface area (TPSA) is 41.3 Å². The van der Waals surface area contributed by atoms with Gasteiger partial charge in [-0.2, -0.15) is 0 Å². The van der Waals surface area contributed by atoms with Gasteiger partial charge in [0.05, 0.1) is 17.6 Å². The van der Waals surface area contributed by atoms with Crippen LogP contribution in [0.25, 0.3) is 0 Å². The lowest BCUT2D eigenvalue weighted by atomic mass is 9.80. The van der Waals surface area contributed by atoms with Crippen molar-refractivity contribution in [1.29, 1.82) is 0 Å². The summed E-state index contributed by atoms with van der Waals surface area (Å²) in [6, 6.07) is 7.25. The van der Waals surface area contributed by atoms with Crippen LogP contribution in [0.2, 0.25) is 0 Å². The summed E-state index contributed by atoms with van der Waals surface area (Å²) in [6.45, 7) is 0.846. The number of nitrogens with zero attached hydrogens (tertiary/aromatic N) is 3. The molecular weight excluding hydrogens is 293 g/mol. The average Bonchev–Trinajstić information content (AvgIpc) is 3.03. The van der Waals surface area contributed by atoms with Gasteiger partial charge in [-0.3, -0.25) is 4.90 Å². The maximum atomic E-state index is 14.2. The van der Waals surface area contributed by atoms with Crippen LogP contribution in [0.5, 0.6) is 0 Å². The van der Waals surface area contributed by atoms with Gasteiger partial charge in [0.1, 0.15) is 5.82 Å². The van der Waals surface area contributed by atoms with Crippen molar-refractivity contribution < 1.29 is 9.50 Å². The van der Waals surface area contributed by atoms with Crippen molar-refractivity contribution in [3.63, 3.8) is 0 Å². The Morgan fingerprint density at radius 3 is 2.57 bits per heavy atom. The standard InChI is InChI=1S/C18H22FN3O/c1-21-12-20-10-15(21)11-22-13-6-7-14(22)9-18(23,8-13)16-4-2-3-5-17(16)19/h2-5,10,12-14,23H,6-9,11H2,1H3. The van der Waals surface area contributed by atoms with Gasteiger partial charge >= 0.3 is 0 Å². The van der Waals surface area contributed by atoms with E-state index in [1.54, 1.807) is 18.2 Å². The van der Waals surface area contributed by atoms with E-state index in [4.69, 9.17) is 0 Å². The molecule has 0 amide bonds. The summed E-state index contributed by atoms with van der Waals surface area (Å²) < 4.78 is 16.2. The fraction of sp³-hybridized carbons (Fsp3) is 0.500. The molecule has 4 rings (SSSR count). The molecule has 1 aromatic heterocycles. The third kappa shape index (κ3) is 2.48. The molecular formula is C18H22FN3O. The van der Waals surface area contributed by atoms with Crippen LogP contribution in [0.1, 0.15) is 36.9 Å². The molecule has 2 bridgehead atoms. The number of piperidine rings is 1. The van der Waals surface area contributed by atoms with Crippen LogP contribution in [0.4, 0.5) is 4.39 Å². The summed E-state index contributed by atoms with van der Waals surface area (Å²) in [5.41, 5.74) is 0.593. The van der Waals surface area contributed by atoms with Crippen LogP contribution >= 0.6 is 0 Å².